The highest BCUT2D eigenvalue weighted by Crippen LogP contribution is 2.48. The van der Waals surface area contributed by atoms with E-state index in [0.29, 0.717) is 35.9 Å². The number of carbonyl (C=O) groups excluding carboxylic acids is 1. The van der Waals surface area contributed by atoms with E-state index in [1.54, 1.807) is 0 Å². The molecule has 1 saturated carbocycles. The molecule has 0 aromatic heterocycles. The van der Waals surface area contributed by atoms with E-state index in [1.807, 2.05) is 30.3 Å². The van der Waals surface area contributed by atoms with Crippen molar-refractivity contribution in [2.75, 3.05) is 26.3 Å². The highest BCUT2D eigenvalue weighted by molar-refractivity contribution is 6.35. The van der Waals surface area contributed by atoms with Gasteiger partial charge in [-0.15, -0.1) is 0 Å². The van der Waals surface area contributed by atoms with E-state index in [1.165, 1.54) is 5.56 Å². The number of hydrogen-bond donors (Lipinski definition) is 0. The second kappa shape index (κ2) is 10.6. The summed E-state index contributed by atoms with van der Waals surface area (Å²) >= 11 is 12.5. The second-order valence-electron chi connectivity index (χ2n) is 10.1. The zero-order chi connectivity index (χ0) is 24.4. The molecule has 0 bridgehead atoms. The number of rotatable bonds is 8. The molecule has 2 aromatic carbocycles. The Morgan fingerprint density at radius 3 is 2.60 bits per heavy atom. The summed E-state index contributed by atoms with van der Waals surface area (Å²) < 4.78 is 17.5. The van der Waals surface area contributed by atoms with E-state index in [2.05, 4.69) is 17.9 Å². The molecule has 7 heteroatoms. The Morgan fingerprint density at radius 1 is 1.14 bits per heavy atom. The Hall–Kier alpha value is -1.95. The number of benzene rings is 2. The number of nitrogens with zero attached hydrogens (tertiary/aromatic N) is 1. The van der Waals surface area contributed by atoms with E-state index in [0.717, 1.165) is 68.7 Å². The first-order chi connectivity index (χ1) is 17.0. The molecule has 0 radical (unpaired) electrons. The highest BCUT2D eigenvalue weighted by Gasteiger charge is 2.46. The minimum atomic E-state index is -0.00358. The summed E-state index contributed by atoms with van der Waals surface area (Å²) in [6.45, 7) is 5.76. The van der Waals surface area contributed by atoms with Gasteiger partial charge in [0.2, 0.25) is 0 Å². The Labute approximate surface area is 217 Å². The summed E-state index contributed by atoms with van der Waals surface area (Å²) in [4.78, 5) is 14.7. The Bertz CT molecular complexity index is 1040. The van der Waals surface area contributed by atoms with E-state index in [-0.39, 0.29) is 17.3 Å². The lowest BCUT2D eigenvalue weighted by Crippen LogP contribution is -2.53. The molecule has 1 spiro atoms. The molecule has 1 aliphatic carbocycles. The standard InChI is InChI=1S/C28H33Cl2NO4/c1-2-3-13-33-27(32)19-14-20(15-19)31-11-9-28(10-12-31)18-35-26-16-21(7-8-23(26)28)34-17-22-24(29)5-4-6-25(22)30/h4-8,16,19-20H,2-3,9-15,17-18H2,1H3. The monoisotopic (exact) mass is 517 g/mol. The topological polar surface area (TPSA) is 48.0 Å². The maximum atomic E-state index is 12.2. The fourth-order valence-electron chi connectivity index (χ4n) is 5.51. The molecule has 2 aliphatic heterocycles. The minimum Gasteiger partial charge on any atom is -0.492 e. The van der Waals surface area contributed by atoms with Gasteiger partial charge in [-0.25, -0.2) is 0 Å². The molecule has 2 fully saturated rings. The number of esters is 1. The van der Waals surface area contributed by atoms with Crippen LogP contribution in [0.25, 0.3) is 0 Å². The second-order valence-corrected chi connectivity index (χ2v) is 10.9. The van der Waals surface area contributed by atoms with Crippen molar-refractivity contribution in [3.63, 3.8) is 0 Å². The van der Waals surface area contributed by atoms with E-state index in [9.17, 15) is 4.79 Å². The van der Waals surface area contributed by atoms with Crippen molar-refractivity contribution in [2.45, 2.75) is 63.5 Å². The van der Waals surface area contributed by atoms with Gasteiger partial charge < -0.3 is 19.1 Å². The van der Waals surface area contributed by atoms with Crippen LogP contribution in [0.4, 0.5) is 0 Å². The highest BCUT2D eigenvalue weighted by atomic mass is 35.5. The molecule has 2 heterocycles. The molecule has 1 saturated heterocycles. The van der Waals surface area contributed by atoms with Gasteiger partial charge in [0.1, 0.15) is 18.1 Å². The van der Waals surface area contributed by atoms with Crippen LogP contribution in [0.2, 0.25) is 10.0 Å². The number of unbranched alkanes of at least 4 members (excludes halogenated alkanes) is 1. The molecule has 3 aliphatic rings. The van der Waals surface area contributed by atoms with Crippen molar-refractivity contribution < 1.29 is 19.0 Å². The van der Waals surface area contributed by atoms with Crippen molar-refractivity contribution in [2.24, 2.45) is 5.92 Å². The van der Waals surface area contributed by atoms with Gasteiger partial charge in [-0.2, -0.15) is 0 Å². The predicted molar refractivity (Wildman–Crippen MR) is 138 cm³/mol. The largest absolute Gasteiger partial charge is 0.492 e. The third-order valence-corrected chi connectivity index (χ3v) is 8.64. The number of halogens is 2. The van der Waals surface area contributed by atoms with Gasteiger partial charge in [0.05, 0.1) is 19.1 Å². The lowest BCUT2D eigenvalue weighted by molar-refractivity contribution is -0.154. The van der Waals surface area contributed by atoms with Gasteiger partial charge in [-0.3, -0.25) is 4.79 Å². The Morgan fingerprint density at radius 2 is 1.89 bits per heavy atom. The van der Waals surface area contributed by atoms with Crippen LogP contribution in [0.15, 0.2) is 36.4 Å². The summed E-state index contributed by atoms with van der Waals surface area (Å²) in [6, 6.07) is 12.1. The van der Waals surface area contributed by atoms with Gasteiger partial charge in [0.25, 0.3) is 0 Å². The van der Waals surface area contributed by atoms with Crippen molar-refractivity contribution in [1.29, 1.82) is 0 Å². The lowest BCUT2D eigenvalue weighted by atomic mass is 9.72. The van der Waals surface area contributed by atoms with Gasteiger partial charge in [0, 0.05) is 38.7 Å². The Balaban J connectivity index is 1.14. The number of piperidine rings is 1. The molecule has 2 aromatic rings. The molecule has 0 unspecified atom stereocenters. The zero-order valence-electron chi connectivity index (χ0n) is 20.2. The summed E-state index contributed by atoms with van der Waals surface area (Å²) in [6.07, 6.45) is 6.00. The average molecular weight is 518 g/mol. The summed E-state index contributed by atoms with van der Waals surface area (Å²) in [5.74, 6) is 1.75. The fraction of sp³-hybridized carbons (Fsp3) is 0.536. The molecule has 5 rings (SSSR count). The summed E-state index contributed by atoms with van der Waals surface area (Å²) in [5.41, 5.74) is 2.14. The summed E-state index contributed by atoms with van der Waals surface area (Å²) in [5, 5.41) is 1.21. The molecule has 0 atom stereocenters. The Kier molecular flexibility index (Phi) is 7.47. The zero-order valence-corrected chi connectivity index (χ0v) is 21.7. The molecule has 5 nitrogen and oxygen atoms in total. The first kappa shape index (κ1) is 24.7. The minimum absolute atomic E-state index is 0.00358. The maximum absolute atomic E-state index is 12.2. The van der Waals surface area contributed by atoms with Gasteiger partial charge in [-0.1, -0.05) is 48.7 Å². The van der Waals surface area contributed by atoms with Crippen molar-refractivity contribution in [3.8, 4) is 11.5 Å². The van der Waals surface area contributed by atoms with Crippen LogP contribution in [0, 0.1) is 5.92 Å². The van der Waals surface area contributed by atoms with Crippen LogP contribution in [-0.2, 0) is 21.6 Å². The number of ether oxygens (including phenoxy) is 3. The van der Waals surface area contributed by atoms with Gasteiger partial charge in [-0.05, 0) is 63.4 Å². The van der Waals surface area contributed by atoms with Crippen molar-refractivity contribution >= 4 is 29.2 Å². The van der Waals surface area contributed by atoms with E-state index in [4.69, 9.17) is 37.4 Å². The third-order valence-electron chi connectivity index (χ3n) is 7.93. The molecular weight excluding hydrogens is 485 g/mol. The normalized spacial score (nSPS) is 22.8. The maximum Gasteiger partial charge on any atom is 0.309 e. The molecule has 0 N–H and O–H groups in total. The van der Waals surface area contributed by atoms with Crippen LogP contribution in [-0.4, -0.2) is 43.2 Å². The lowest BCUT2D eigenvalue weighted by Gasteiger charge is -2.47. The quantitative estimate of drug-likeness (QED) is 0.298. The number of fused-ring (bicyclic) bond motifs is 2. The number of likely N-dealkylation sites (tertiary alicyclic amines) is 1. The number of hydrogen-bond acceptors (Lipinski definition) is 5. The molecule has 188 valence electrons. The van der Waals surface area contributed by atoms with Crippen LogP contribution in [0.5, 0.6) is 11.5 Å². The smallest absolute Gasteiger partial charge is 0.309 e. The van der Waals surface area contributed by atoms with Crippen LogP contribution < -0.4 is 9.47 Å². The van der Waals surface area contributed by atoms with Crippen molar-refractivity contribution in [3.05, 3.63) is 57.6 Å². The predicted octanol–water partition coefficient (Wildman–Crippen LogP) is 6.42. The van der Waals surface area contributed by atoms with E-state index < -0.39 is 0 Å². The van der Waals surface area contributed by atoms with Crippen LogP contribution in [0.3, 0.4) is 0 Å². The first-order valence-electron chi connectivity index (χ1n) is 12.7. The van der Waals surface area contributed by atoms with Crippen molar-refractivity contribution in [1.82, 2.24) is 4.90 Å². The van der Waals surface area contributed by atoms with Crippen LogP contribution >= 0.6 is 23.2 Å². The molecule has 35 heavy (non-hydrogen) atoms. The summed E-state index contributed by atoms with van der Waals surface area (Å²) in [7, 11) is 0. The molecular formula is C28H33Cl2NO4. The van der Waals surface area contributed by atoms with Gasteiger partial charge in [0.15, 0.2) is 0 Å². The van der Waals surface area contributed by atoms with Gasteiger partial charge >= 0.3 is 5.97 Å². The average Bonchev–Trinajstić information content (AvgIpc) is 3.16. The fourth-order valence-corrected chi connectivity index (χ4v) is 6.02. The van der Waals surface area contributed by atoms with E-state index >= 15 is 0 Å². The van der Waals surface area contributed by atoms with Crippen LogP contribution in [0.1, 0.15) is 56.6 Å². The molecule has 0 amide bonds. The first-order valence-corrected chi connectivity index (χ1v) is 13.5. The SMILES string of the molecule is CCCCOC(=O)C1CC(N2CCC3(CC2)COc2cc(OCc4c(Cl)cccc4Cl)ccc23)C1. The third kappa shape index (κ3) is 5.14. The number of carbonyl (C=O) groups is 1.